The molecule has 0 radical (unpaired) electrons. The van der Waals surface area contributed by atoms with Gasteiger partial charge >= 0.3 is 0 Å². The number of carbonyl (C=O) groups is 3. The Morgan fingerprint density at radius 2 is 1.91 bits per heavy atom. The summed E-state index contributed by atoms with van der Waals surface area (Å²) in [4.78, 5) is 41.4. The van der Waals surface area contributed by atoms with E-state index < -0.39 is 16.8 Å². The molecule has 0 saturated carbocycles. The number of benzene rings is 1. The molecule has 0 aromatic heterocycles. The SMILES string of the molecule is CC[C@@H](C)[C@H](NC(=O)[C@@H]1N2C(=O)c3ccccc3[C@@H]2SC1(C)C)C(=O)NCCCOC(C)C. The summed E-state index contributed by atoms with van der Waals surface area (Å²) in [5.41, 5.74) is 1.61. The van der Waals surface area contributed by atoms with Crippen molar-refractivity contribution in [2.45, 2.75) is 82.7 Å². The van der Waals surface area contributed by atoms with Crippen LogP contribution >= 0.6 is 11.8 Å². The van der Waals surface area contributed by atoms with Crippen molar-refractivity contribution >= 4 is 29.5 Å². The van der Waals surface area contributed by atoms with E-state index in [1.807, 2.05) is 65.8 Å². The zero-order valence-corrected chi connectivity index (χ0v) is 21.3. The number of ether oxygens (including phenoxy) is 1. The van der Waals surface area contributed by atoms with Crippen molar-refractivity contribution in [3.8, 4) is 0 Å². The Balaban J connectivity index is 1.71. The second kappa shape index (κ2) is 10.5. The van der Waals surface area contributed by atoms with Gasteiger partial charge in [0.25, 0.3) is 5.91 Å². The number of rotatable bonds is 10. The Kier molecular flexibility index (Phi) is 8.11. The van der Waals surface area contributed by atoms with Crippen molar-refractivity contribution in [2.75, 3.05) is 13.2 Å². The van der Waals surface area contributed by atoms with Crippen LogP contribution in [-0.2, 0) is 14.3 Å². The molecule has 33 heavy (non-hydrogen) atoms. The van der Waals surface area contributed by atoms with Gasteiger partial charge in [-0.3, -0.25) is 14.4 Å². The van der Waals surface area contributed by atoms with E-state index in [0.29, 0.717) is 25.1 Å². The maximum absolute atomic E-state index is 13.6. The van der Waals surface area contributed by atoms with Crippen LogP contribution in [0.5, 0.6) is 0 Å². The maximum Gasteiger partial charge on any atom is 0.256 e. The first-order chi connectivity index (χ1) is 15.6. The molecule has 8 heteroatoms. The zero-order chi connectivity index (χ0) is 24.3. The normalized spacial score (nSPS) is 22.6. The van der Waals surface area contributed by atoms with Crippen LogP contribution in [0.3, 0.4) is 0 Å². The molecule has 0 spiro atoms. The van der Waals surface area contributed by atoms with E-state index in [4.69, 9.17) is 4.74 Å². The van der Waals surface area contributed by atoms with Crippen LogP contribution in [0, 0.1) is 5.92 Å². The molecule has 1 aromatic carbocycles. The van der Waals surface area contributed by atoms with E-state index in [0.717, 1.165) is 12.0 Å². The van der Waals surface area contributed by atoms with Crippen molar-refractivity contribution in [1.82, 2.24) is 15.5 Å². The third-order valence-electron chi connectivity index (χ3n) is 6.41. The molecule has 0 unspecified atom stereocenters. The predicted octanol–water partition coefficient (Wildman–Crippen LogP) is 3.50. The van der Waals surface area contributed by atoms with E-state index in [-0.39, 0.29) is 35.1 Å². The van der Waals surface area contributed by atoms with Gasteiger partial charge in [0.1, 0.15) is 17.5 Å². The van der Waals surface area contributed by atoms with Crippen molar-refractivity contribution < 1.29 is 19.1 Å². The van der Waals surface area contributed by atoms with Gasteiger partial charge in [-0.25, -0.2) is 0 Å². The molecule has 3 rings (SSSR count). The lowest BCUT2D eigenvalue weighted by molar-refractivity contribution is -0.133. The first-order valence-electron chi connectivity index (χ1n) is 11.9. The molecular formula is C25H37N3O4S. The molecule has 0 bridgehead atoms. The smallest absolute Gasteiger partial charge is 0.256 e. The van der Waals surface area contributed by atoms with Gasteiger partial charge in [0.05, 0.1) is 6.10 Å². The van der Waals surface area contributed by atoms with Crippen molar-refractivity contribution in [3.05, 3.63) is 35.4 Å². The number of nitrogens with one attached hydrogen (secondary N) is 2. The second-order valence-electron chi connectivity index (χ2n) is 9.71. The van der Waals surface area contributed by atoms with Crippen LogP contribution in [-0.4, -0.2) is 58.7 Å². The van der Waals surface area contributed by atoms with Crippen LogP contribution in [0.4, 0.5) is 0 Å². The third kappa shape index (κ3) is 5.38. The Morgan fingerprint density at radius 1 is 1.21 bits per heavy atom. The molecule has 1 fully saturated rings. The third-order valence-corrected chi connectivity index (χ3v) is 7.94. The maximum atomic E-state index is 13.6. The summed E-state index contributed by atoms with van der Waals surface area (Å²) in [6, 6.07) is 6.22. The first-order valence-corrected chi connectivity index (χ1v) is 12.8. The quantitative estimate of drug-likeness (QED) is 0.506. The molecular weight excluding hydrogens is 438 g/mol. The molecule has 4 atom stereocenters. The number of amides is 3. The molecule has 2 aliphatic heterocycles. The largest absolute Gasteiger partial charge is 0.379 e. The Morgan fingerprint density at radius 3 is 2.58 bits per heavy atom. The standard InChI is InChI=1S/C25H37N3O4S/c1-7-16(4)19(21(29)26-13-10-14-32-15(2)3)27-22(30)20-25(5,6)33-24-18-12-9-8-11-17(18)23(31)28(20)24/h8-9,11-12,15-16,19-20,24H,7,10,13-14H2,1-6H3,(H,26,29)(H,27,30)/t16-,19+,20+,24+/m1/s1. The fourth-order valence-corrected chi connectivity index (χ4v) is 6.04. The first kappa shape index (κ1) is 25.6. The van der Waals surface area contributed by atoms with Gasteiger partial charge in [0.2, 0.25) is 11.8 Å². The van der Waals surface area contributed by atoms with Gasteiger partial charge in [-0.1, -0.05) is 38.5 Å². The number of thioether (sulfide) groups is 1. The molecule has 1 saturated heterocycles. The number of fused-ring (bicyclic) bond motifs is 3. The highest BCUT2D eigenvalue weighted by atomic mass is 32.2. The molecule has 2 N–H and O–H groups in total. The highest BCUT2D eigenvalue weighted by molar-refractivity contribution is 8.01. The van der Waals surface area contributed by atoms with E-state index >= 15 is 0 Å². The lowest BCUT2D eigenvalue weighted by atomic mass is 9.95. The van der Waals surface area contributed by atoms with Gasteiger partial charge in [0, 0.05) is 23.5 Å². The fourth-order valence-electron chi connectivity index (χ4n) is 4.45. The van der Waals surface area contributed by atoms with E-state index in [1.165, 1.54) is 0 Å². The number of hydrogen-bond donors (Lipinski definition) is 2. The van der Waals surface area contributed by atoms with E-state index in [2.05, 4.69) is 10.6 Å². The van der Waals surface area contributed by atoms with Gasteiger partial charge < -0.3 is 20.3 Å². The highest BCUT2D eigenvalue weighted by Gasteiger charge is 2.57. The zero-order valence-electron chi connectivity index (χ0n) is 20.5. The minimum atomic E-state index is -0.661. The van der Waals surface area contributed by atoms with Crippen molar-refractivity contribution in [2.24, 2.45) is 5.92 Å². The predicted molar refractivity (Wildman–Crippen MR) is 131 cm³/mol. The number of carbonyl (C=O) groups excluding carboxylic acids is 3. The monoisotopic (exact) mass is 475 g/mol. The Labute approximate surface area is 201 Å². The van der Waals surface area contributed by atoms with Crippen LogP contribution in [0.2, 0.25) is 0 Å². The van der Waals surface area contributed by atoms with Crippen LogP contribution in [0.15, 0.2) is 24.3 Å². The molecule has 3 amide bonds. The van der Waals surface area contributed by atoms with Gasteiger partial charge in [0.15, 0.2) is 0 Å². The van der Waals surface area contributed by atoms with E-state index in [9.17, 15) is 14.4 Å². The van der Waals surface area contributed by atoms with Crippen molar-refractivity contribution in [3.63, 3.8) is 0 Å². The lowest BCUT2D eigenvalue weighted by Gasteiger charge is -2.32. The Hall–Kier alpha value is -2.06. The van der Waals surface area contributed by atoms with E-state index in [1.54, 1.807) is 16.7 Å². The summed E-state index contributed by atoms with van der Waals surface area (Å²) in [6.45, 7) is 13.0. The summed E-state index contributed by atoms with van der Waals surface area (Å²) < 4.78 is 5.04. The fraction of sp³-hybridized carbons (Fsp3) is 0.640. The highest BCUT2D eigenvalue weighted by Crippen LogP contribution is 2.56. The summed E-state index contributed by atoms with van der Waals surface area (Å²) in [5, 5.41) is 5.75. The summed E-state index contributed by atoms with van der Waals surface area (Å²) in [7, 11) is 0. The molecule has 0 aliphatic carbocycles. The van der Waals surface area contributed by atoms with Gasteiger partial charge in [-0.15, -0.1) is 11.8 Å². The number of nitrogens with zero attached hydrogens (tertiary/aromatic N) is 1. The topological polar surface area (TPSA) is 87.7 Å². The average Bonchev–Trinajstić information content (AvgIpc) is 3.20. The second-order valence-corrected chi connectivity index (χ2v) is 11.4. The van der Waals surface area contributed by atoms with Gasteiger partial charge in [-0.2, -0.15) is 0 Å². The summed E-state index contributed by atoms with van der Waals surface area (Å²) in [5.74, 6) is -0.637. The van der Waals surface area contributed by atoms with Gasteiger partial charge in [-0.05, 0) is 51.7 Å². The molecule has 2 aliphatic rings. The van der Waals surface area contributed by atoms with Crippen LogP contribution in [0.1, 0.15) is 75.7 Å². The summed E-state index contributed by atoms with van der Waals surface area (Å²) in [6.07, 6.45) is 1.61. The molecule has 2 heterocycles. The van der Waals surface area contributed by atoms with Crippen LogP contribution < -0.4 is 10.6 Å². The minimum Gasteiger partial charge on any atom is -0.379 e. The van der Waals surface area contributed by atoms with Crippen LogP contribution in [0.25, 0.3) is 0 Å². The average molecular weight is 476 g/mol. The molecule has 7 nitrogen and oxygen atoms in total. The number of hydrogen-bond acceptors (Lipinski definition) is 5. The van der Waals surface area contributed by atoms with Crippen molar-refractivity contribution in [1.29, 1.82) is 0 Å². The summed E-state index contributed by atoms with van der Waals surface area (Å²) >= 11 is 1.62. The molecule has 1 aromatic rings. The minimum absolute atomic E-state index is 0.0414. The lowest BCUT2D eigenvalue weighted by Crippen LogP contribution is -2.58. The molecule has 182 valence electrons. The Bertz CT molecular complexity index is 888.